The van der Waals surface area contributed by atoms with Crippen LogP contribution < -0.4 is 0 Å². The van der Waals surface area contributed by atoms with Crippen molar-refractivity contribution in [3.05, 3.63) is 0 Å². The standard InChI is InChI=1S/C16H26N2O5/c1-3-23-11-16(6-7-16)15(22)17(2)10-13(19)18-8-4-5-12(9-18)14(20)21/h12H,3-11H2,1-2H3,(H,20,21). The van der Waals surface area contributed by atoms with Gasteiger partial charge in [0.05, 0.1) is 24.5 Å². The summed E-state index contributed by atoms with van der Waals surface area (Å²) in [5, 5.41) is 9.09. The highest BCUT2D eigenvalue weighted by Gasteiger charge is 2.51. The number of hydrogen-bond acceptors (Lipinski definition) is 4. The molecule has 7 nitrogen and oxygen atoms in total. The van der Waals surface area contributed by atoms with Gasteiger partial charge in [0.2, 0.25) is 11.8 Å². The van der Waals surface area contributed by atoms with Gasteiger partial charge in [-0.1, -0.05) is 0 Å². The fourth-order valence-corrected chi connectivity index (χ4v) is 3.05. The van der Waals surface area contributed by atoms with Crippen LogP contribution >= 0.6 is 0 Å². The van der Waals surface area contributed by atoms with Gasteiger partial charge < -0.3 is 19.6 Å². The first-order valence-corrected chi connectivity index (χ1v) is 8.23. The first kappa shape index (κ1) is 17.7. The Bertz CT molecular complexity index is 475. The molecule has 0 aromatic heterocycles. The number of rotatable bonds is 7. The van der Waals surface area contributed by atoms with Crippen molar-refractivity contribution in [3.63, 3.8) is 0 Å². The maximum absolute atomic E-state index is 12.5. The van der Waals surface area contributed by atoms with Gasteiger partial charge in [-0.05, 0) is 32.6 Å². The van der Waals surface area contributed by atoms with E-state index in [2.05, 4.69) is 0 Å². The number of aliphatic carboxylic acids is 1. The maximum atomic E-state index is 12.5. The summed E-state index contributed by atoms with van der Waals surface area (Å²) in [5.74, 6) is -1.59. The SMILES string of the molecule is CCOCC1(C(=O)N(C)CC(=O)N2CCCC(C(=O)O)C2)CC1. The summed E-state index contributed by atoms with van der Waals surface area (Å²) in [6, 6.07) is 0. The fraction of sp³-hybridized carbons (Fsp3) is 0.812. The molecule has 0 bridgehead atoms. The van der Waals surface area contributed by atoms with Crippen LogP contribution in [0.15, 0.2) is 0 Å². The van der Waals surface area contributed by atoms with E-state index in [1.807, 2.05) is 6.92 Å². The summed E-state index contributed by atoms with van der Waals surface area (Å²) in [7, 11) is 1.63. The number of piperidine rings is 1. The molecule has 0 radical (unpaired) electrons. The number of carboxylic acid groups (broad SMARTS) is 1. The highest BCUT2D eigenvalue weighted by Crippen LogP contribution is 2.47. The summed E-state index contributed by atoms with van der Waals surface area (Å²) in [6.45, 7) is 3.67. The zero-order valence-corrected chi connectivity index (χ0v) is 13.9. The van der Waals surface area contributed by atoms with Crippen molar-refractivity contribution in [3.8, 4) is 0 Å². The molecule has 7 heteroatoms. The van der Waals surface area contributed by atoms with Crippen molar-refractivity contribution in [2.24, 2.45) is 11.3 Å². The van der Waals surface area contributed by atoms with E-state index in [4.69, 9.17) is 9.84 Å². The lowest BCUT2D eigenvalue weighted by Gasteiger charge is -2.32. The van der Waals surface area contributed by atoms with E-state index in [0.29, 0.717) is 32.6 Å². The minimum atomic E-state index is -0.861. The quantitative estimate of drug-likeness (QED) is 0.740. The fourth-order valence-electron chi connectivity index (χ4n) is 3.05. The van der Waals surface area contributed by atoms with E-state index in [1.165, 1.54) is 4.90 Å². The molecule has 130 valence electrons. The maximum Gasteiger partial charge on any atom is 0.308 e. The minimum absolute atomic E-state index is 0.000945. The molecule has 1 saturated heterocycles. The van der Waals surface area contributed by atoms with E-state index in [0.717, 1.165) is 12.8 Å². The molecule has 23 heavy (non-hydrogen) atoms. The van der Waals surface area contributed by atoms with Crippen molar-refractivity contribution in [2.45, 2.75) is 32.6 Å². The van der Waals surface area contributed by atoms with Crippen LogP contribution in [0.3, 0.4) is 0 Å². The molecule has 0 aromatic rings. The number of hydrogen-bond donors (Lipinski definition) is 1. The lowest BCUT2D eigenvalue weighted by molar-refractivity contribution is -0.148. The van der Waals surface area contributed by atoms with Crippen LogP contribution in [0.1, 0.15) is 32.6 Å². The summed E-state index contributed by atoms with van der Waals surface area (Å²) in [5.41, 5.74) is -0.448. The Morgan fingerprint density at radius 1 is 1.35 bits per heavy atom. The zero-order chi connectivity index (χ0) is 17.0. The van der Waals surface area contributed by atoms with Crippen LogP contribution in [0, 0.1) is 11.3 Å². The number of carboxylic acids is 1. The number of nitrogens with zero attached hydrogens (tertiary/aromatic N) is 2. The van der Waals surface area contributed by atoms with Crippen LogP contribution in [0.2, 0.25) is 0 Å². The largest absolute Gasteiger partial charge is 0.481 e. The molecule has 2 amide bonds. The number of likely N-dealkylation sites (tertiary alicyclic amines) is 1. The highest BCUT2D eigenvalue weighted by molar-refractivity contribution is 5.89. The Kier molecular flexibility index (Phi) is 5.62. The summed E-state index contributed by atoms with van der Waals surface area (Å²) in [6.07, 6.45) is 2.89. The summed E-state index contributed by atoms with van der Waals surface area (Å²) in [4.78, 5) is 39.0. The molecule has 1 aliphatic carbocycles. The second-order valence-electron chi connectivity index (χ2n) is 6.60. The van der Waals surface area contributed by atoms with E-state index in [-0.39, 0.29) is 24.9 Å². The molecule has 1 atom stereocenters. The third-order valence-electron chi connectivity index (χ3n) is 4.73. The number of amides is 2. The van der Waals surface area contributed by atoms with Gasteiger partial charge in [0.15, 0.2) is 0 Å². The Hall–Kier alpha value is -1.63. The molecule has 1 saturated carbocycles. The number of carbonyl (C=O) groups is 3. The third kappa shape index (κ3) is 4.22. The first-order chi connectivity index (χ1) is 10.9. The number of likely N-dealkylation sites (N-methyl/N-ethyl adjacent to an activating group) is 1. The van der Waals surface area contributed by atoms with Gasteiger partial charge in [-0.25, -0.2) is 0 Å². The monoisotopic (exact) mass is 326 g/mol. The molecule has 1 N–H and O–H groups in total. The van der Waals surface area contributed by atoms with Crippen LogP contribution in [0.4, 0.5) is 0 Å². The van der Waals surface area contributed by atoms with E-state index < -0.39 is 17.3 Å². The highest BCUT2D eigenvalue weighted by atomic mass is 16.5. The Morgan fingerprint density at radius 2 is 2.04 bits per heavy atom. The average molecular weight is 326 g/mol. The zero-order valence-electron chi connectivity index (χ0n) is 13.9. The average Bonchev–Trinajstić information content (AvgIpc) is 3.33. The lowest BCUT2D eigenvalue weighted by atomic mass is 9.98. The van der Waals surface area contributed by atoms with Gasteiger partial charge in [-0.3, -0.25) is 14.4 Å². The van der Waals surface area contributed by atoms with E-state index in [9.17, 15) is 14.4 Å². The molecule has 1 unspecified atom stereocenters. The van der Waals surface area contributed by atoms with Crippen LogP contribution in [-0.4, -0.2) is 72.6 Å². The topological polar surface area (TPSA) is 87.2 Å². The van der Waals surface area contributed by atoms with Crippen molar-refractivity contribution in [1.82, 2.24) is 9.80 Å². The Labute approximate surface area is 136 Å². The number of carbonyl (C=O) groups excluding carboxylic acids is 2. The van der Waals surface area contributed by atoms with Crippen LogP contribution in [-0.2, 0) is 19.1 Å². The minimum Gasteiger partial charge on any atom is -0.481 e. The predicted octanol–water partition coefficient (Wildman–Crippen LogP) is 0.585. The van der Waals surface area contributed by atoms with Crippen molar-refractivity contribution >= 4 is 17.8 Å². The Morgan fingerprint density at radius 3 is 2.61 bits per heavy atom. The predicted molar refractivity (Wildman–Crippen MR) is 82.7 cm³/mol. The van der Waals surface area contributed by atoms with E-state index in [1.54, 1.807) is 11.9 Å². The van der Waals surface area contributed by atoms with Gasteiger partial charge in [-0.2, -0.15) is 0 Å². The smallest absolute Gasteiger partial charge is 0.308 e. The molecule has 0 aromatic carbocycles. The lowest BCUT2D eigenvalue weighted by Crippen LogP contribution is -2.48. The van der Waals surface area contributed by atoms with Crippen molar-refractivity contribution in [1.29, 1.82) is 0 Å². The normalized spacial score (nSPS) is 22.5. The molecule has 1 aliphatic heterocycles. The van der Waals surface area contributed by atoms with Gasteiger partial charge in [-0.15, -0.1) is 0 Å². The Balaban J connectivity index is 1.87. The summed E-state index contributed by atoms with van der Waals surface area (Å²) < 4.78 is 5.39. The molecule has 2 fully saturated rings. The van der Waals surface area contributed by atoms with Gasteiger partial charge in [0.1, 0.15) is 0 Å². The molecule has 2 aliphatic rings. The molecule has 1 heterocycles. The summed E-state index contributed by atoms with van der Waals surface area (Å²) >= 11 is 0. The molecular formula is C16H26N2O5. The first-order valence-electron chi connectivity index (χ1n) is 8.23. The molecule has 2 rings (SSSR count). The van der Waals surface area contributed by atoms with Gasteiger partial charge in [0, 0.05) is 26.7 Å². The molecule has 0 spiro atoms. The second-order valence-corrected chi connectivity index (χ2v) is 6.60. The van der Waals surface area contributed by atoms with Crippen molar-refractivity contribution in [2.75, 3.05) is 39.9 Å². The third-order valence-corrected chi connectivity index (χ3v) is 4.73. The van der Waals surface area contributed by atoms with Crippen LogP contribution in [0.25, 0.3) is 0 Å². The van der Waals surface area contributed by atoms with E-state index >= 15 is 0 Å². The number of ether oxygens (including phenoxy) is 1. The second kappa shape index (κ2) is 7.29. The van der Waals surface area contributed by atoms with Gasteiger partial charge >= 0.3 is 5.97 Å². The molecular weight excluding hydrogens is 300 g/mol. The van der Waals surface area contributed by atoms with Gasteiger partial charge in [0.25, 0.3) is 0 Å². The van der Waals surface area contributed by atoms with Crippen molar-refractivity contribution < 1.29 is 24.2 Å². The van der Waals surface area contributed by atoms with Crippen LogP contribution in [0.5, 0.6) is 0 Å².